The SMILES string of the molecule is CCOc1ncccc1CNC(=O)c1cnn(Cc2ccccc2)c1. The number of hydrogen-bond donors (Lipinski definition) is 1. The van der Waals surface area contributed by atoms with Gasteiger partial charge in [-0.3, -0.25) is 9.48 Å². The fourth-order valence-electron chi connectivity index (χ4n) is 2.44. The van der Waals surface area contributed by atoms with Gasteiger partial charge in [-0.15, -0.1) is 0 Å². The summed E-state index contributed by atoms with van der Waals surface area (Å²) < 4.78 is 7.22. The third kappa shape index (κ3) is 4.44. The van der Waals surface area contributed by atoms with Gasteiger partial charge in [0.25, 0.3) is 5.91 Å². The molecular weight excluding hydrogens is 316 g/mol. The average molecular weight is 336 g/mol. The molecule has 6 nitrogen and oxygen atoms in total. The monoisotopic (exact) mass is 336 g/mol. The number of hydrogen-bond acceptors (Lipinski definition) is 4. The van der Waals surface area contributed by atoms with Crippen LogP contribution in [0.1, 0.15) is 28.4 Å². The van der Waals surface area contributed by atoms with Gasteiger partial charge in [0.1, 0.15) is 0 Å². The van der Waals surface area contributed by atoms with E-state index in [2.05, 4.69) is 15.4 Å². The first-order chi connectivity index (χ1) is 12.3. The molecule has 6 heteroatoms. The molecule has 2 aromatic heterocycles. The van der Waals surface area contributed by atoms with Crippen molar-refractivity contribution >= 4 is 5.91 Å². The molecule has 3 aromatic rings. The Bertz CT molecular complexity index is 830. The number of nitrogens with one attached hydrogen (secondary N) is 1. The van der Waals surface area contributed by atoms with E-state index >= 15 is 0 Å². The first-order valence-electron chi connectivity index (χ1n) is 8.17. The van der Waals surface area contributed by atoms with Crippen molar-refractivity contribution in [2.45, 2.75) is 20.0 Å². The minimum Gasteiger partial charge on any atom is -0.478 e. The summed E-state index contributed by atoms with van der Waals surface area (Å²) in [6.45, 7) is 3.42. The highest BCUT2D eigenvalue weighted by molar-refractivity contribution is 5.93. The predicted octanol–water partition coefficient (Wildman–Crippen LogP) is 2.66. The number of aromatic nitrogens is 3. The van der Waals surface area contributed by atoms with Crippen LogP contribution in [-0.4, -0.2) is 27.3 Å². The van der Waals surface area contributed by atoms with E-state index in [9.17, 15) is 4.79 Å². The molecule has 1 aromatic carbocycles. The lowest BCUT2D eigenvalue weighted by Crippen LogP contribution is -2.23. The van der Waals surface area contributed by atoms with Gasteiger partial charge in [-0.05, 0) is 18.6 Å². The average Bonchev–Trinajstić information content (AvgIpc) is 3.10. The lowest BCUT2D eigenvalue weighted by Gasteiger charge is -2.09. The van der Waals surface area contributed by atoms with Crippen molar-refractivity contribution in [3.8, 4) is 5.88 Å². The number of carbonyl (C=O) groups is 1. The minimum atomic E-state index is -0.175. The van der Waals surface area contributed by atoms with Gasteiger partial charge >= 0.3 is 0 Å². The maximum absolute atomic E-state index is 12.3. The highest BCUT2D eigenvalue weighted by Crippen LogP contribution is 2.14. The molecule has 0 atom stereocenters. The van der Waals surface area contributed by atoms with E-state index in [1.165, 1.54) is 0 Å². The summed E-state index contributed by atoms with van der Waals surface area (Å²) in [5.74, 6) is 0.371. The van der Waals surface area contributed by atoms with Crippen LogP contribution in [0.2, 0.25) is 0 Å². The first-order valence-corrected chi connectivity index (χ1v) is 8.17. The molecule has 0 aliphatic carbocycles. The van der Waals surface area contributed by atoms with E-state index in [0.29, 0.717) is 31.1 Å². The standard InChI is InChI=1S/C19H20N4O2/c1-2-25-19-16(9-6-10-20-19)11-21-18(24)17-12-22-23(14-17)13-15-7-4-3-5-8-15/h3-10,12,14H,2,11,13H2,1H3,(H,21,24). The molecule has 0 unspecified atom stereocenters. The summed E-state index contributed by atoms with van der Waals surface area (Å²) in [6.07, 6.45) is 4.99. The molecule has 0 saturated heterocycles. The fourth-order valence-corrected chi connectivity index (χ4v) is 2.44. The number of rotatable bonds is 7. The summed E-state index contributed by atoms with van der Waals surface area (Å²) in [5, 5.41) is 7.13. The highest BCUT2D eigenvalue weighted by Gasteiger charge is 2.11. The lowest BCUT2D eigenvalue weighted by molar-refractivity contribution is 0.0950. The number of pyridine rings is 1. The number of nitrogens with zero attached hydrogens (tertiary/aromatic N) is 3. The third-order valence-corrected chi connectivity index (χ3v) is 3.65. The molecule has 0 radical (unpaired) electrons. The molecule has 0 saturated carbocycles. The number of amides is 1. The van der Waals surface area contributed by atoms with Crippen molar-refractivity contribution < 1.29 is 9.53 Å². The third-order valence-electron chi connectivity index (χ3n) is 3.65. The molecule has 2 heterocycles. The molecule has 1 amide bonds. The second kappa shape index (κ2) is 8.10. The van der Waals surface area contributed by atoms with E-state index in [-0.39, 0.29) is 5.91 Å². The molecule has 1 N–H and O–H groups in total. The summed E-state index contributed by atoms with van der Waals surface area (Å²) in [7, 11) is 0. The maximum atomic E-state index is 12.3. The number of ether oxygens (including phenoxy) is 1. The Labute approximate surface area is 146 Å². The molecule has 0 bridgehead atoms. The Kier molecular flexibility index (Phi) is 5.41. The Morgan fingerprint density at radius 1 is 1.20 bits per heavy atom. The smallest absolute Gasteiger partial charge is 0.254 e. The van der Waals surface area contributed by atoms with Crippen molar-refractivity contribution in [2.75, 3.05) is 6.61 Å². The zero-order chi connectivity index (χ0) is 17.5. The van der Waals surface area contributed by atoms with Crippen LogP contribution >= 0.6 is 0 Å². The second-order valence-electron chi connectivity index (χ2n) is 5.50. The van der Waals surface area contributed by atoms with Crippen molar-refractivity contribution in [3.63, 3.8) is 0 Å². The Balaban J connectivity index is 1.61. The molecule has 0 aliphatic heterocycles. The van der Waals surface area contributed by atoms with Gasteiger partial charge in [0.15, 0.2) is 0 Å². The number of benzene rings is 1. The zero-order valence-corrected chi connectivity index (χ0v) is 14.1. The molecule has 0 spiro atoms. The van der Waals surface area contributed by atoms with Crippen LogP contribution < -0.4 is 10.1 Å². The Morgan fingerprint density at radius 2 is 2.04 bits per heavy atom. The summed E-state index contributed by atoms with van der Waals surface area (Å²) in [6, 6.07) is 13.7. The van der Waals surface area contributed by atoms with Crippen LogP contribution in [0.5, 0.6) is 5.88 Å². The molecule has 0 fully saturated rings. The zero-order valence-electron chi connectivity index (χ0n) is 14.1. The largest absolute Gasteiger partial charge is 0.478 e. The lowest BCUT2D eigenvalue weighted by atomic mass is 10.2. The Morgan fingerprint density at radius 3 is 2.84 bits per heavy atom. The molecule has 25 heavy (non-hydrogen) atoms. The van der Waals surface area contributed by atoms with Crippen LogP contribution in [0, 0.1) is 0 Å². The van der Waals surface area contributed by atoms with Gasteiger partial charge in [0, 0.05) is 24.5 Å². The first kappa shape index (κ1) is 16.7. The number of carbonyl (C=O) groups excluding carboxylic acids is 1. The topological polar surface area (TPSA) is 69.0 Å². The normalized spacial score (nSPS) is 10.4. The van der Waals surface area contributed by atoms with Crippen LogP contribution in [0.15, 0.2) is 61.1 Å². The van der Waals surface area contributed by atoms with E-state index in [1.807, 2.05) is 49.4 Å². The quantitative estimate of drug-likeness (QED) is 0.720. The van der Waals surface area contributed by atoms with Gasteiger partial charge in [0.05, 0.1) is 24.9 Å². The maximum Gasteiger partial charge on any atom is 0.254 e. The van der Waals surface area contributed by atoms with Crippen molar-refractivity contribution in [1.82, 2.24) is 20.1 Å². The molecule has 128 valence electrons. The minimum absolute atomic E-state index is 0.175. The predicted molar refractivity (Wildman–Crippen MR) is 94.3 cm³/mol. The highest BCUT2D eigenvalue weighted by atomic mass is 16.5. The van der Waals surface area contributed by atoms with E-state index in [1.54, 1.807) is 23.3 Å². The van der Waals surface area contributed by atoms with Gasteiger partial charge in [0.2, 0.25) is 5.88 Å². The molecule has 3 rings (SSSR count). The summed E-state index contributed by atoms with van der Waals surface area (Å²) >= 11 is 0. The fraction of sp³-hybridized carbons (Fsp3) is 0.211. The molecule has 0 aliphatic rings. The van der Waals surface area contributed by atoms with Gasteiger partial charge in [-0.1, -0.05) is 36.4 Å². The van der Waals surface area contributed by atoms with Crippen LogP contribution in [-0.2, 0) is 13.1 Å². The van der Waals surface area contributed by atoms with E-state index in [4.69, 9.17) is 4.74 Å². The van der Waals surface area contributed by atoms with Gasteiger partial charge < -0.3 is 10.1 Å². The van der Waals surface area contributed by atoms with Crippen LogP contribution in [0.4, 0.5) is 0 Å². The van der Waals surface area contributed by atoms with Crippen LogP contribution in [0.3, 0.4) is 0 Å². The summed E-state index contributed by atoms with van der Waals surface area (Å²) in [4.78, 5) is 16.5. The summed E-state index contributed by atoms with van der Waals surface area (Å²) in [5.41, 5.74) is 2.50. The van der Waals surface area contributed by atoms with Crippen molar-refractivity contribution in [1.29, 1.82) is 0 Å². The van der Waals surface area contributed by atoms with Crippen LogP contribution in [0.25, 0.3) is 0 Å². The second-order valence-corrected chi connectivity index (χ2v) is 5.50. The van der Waals surface area contributed by atoms with E-state index < -0.39 is 0 Å². The van der Waals surface area contributed by atoms with Gasteiger partial charge in [-0.25, -0.2) is 4.98 Å². The Hall–Kier alpha value is -3.15. The van der Waals surface area contributed by atoms with Crippen molar-refractivity contribution in [2.24, 2.45) is 0 Å². The van der Waals surface area contributed by atoms with Crippen molar-refractivity contribution in [3.05, 3.63) is 77.7 Å². The van der Waals surface area contributed by atoms with E-state index in [0.717, 1.165) is 11.1 Å². The molecular formula is C19H20N4O2. The van der Waals surface area contributed by atoms with Gasteiger partial charge in [-0.2, -0.15) is 5.10 Å².